The molecule has 0 radical (unpaired) electrons. The van der Waals surface area contributed by atoms with Gasteiger partial charge < -0.3 is 4.74 Å². The number of aryl methyl sites for hydroxylation is 1. The van der Waals surface area contributed by atoms with Gasteiger partial charge in [0.05, 0.1) is 0 Å². The first-order valence-corrected chi connectivity index (χ1v) is 8.22. The van der Waals surface area contributed by atoms with Gasteiger partial charge in [-0.1, -0.05) is 30.4 Å². The molecule has 0 fully saturated rings. The van der Waals surface area contributed by atoms with Crippen LogP contribution in [0.5, 0.6) is 5.75 Å². The van der Waals surface area contributed by atoms with Crippen LogP contribution in [0.2, 0.25) is 0 Å². The van der Waals surface area contributed by atoms with E-state index in [0.717, 1.165) is 5.56 Å². The average Bonchev–Trinajstić information content (AvgIpc) is 2.64. The van der Waals surface area contributed by atoms with Crippen molar-refractivity contribution in [2.75, 3.05) is 6.61 Å². The zero-order chi connectivity index (χ0) is 18.9. The molecule has 0 heterocycles. The second-order valence-electron chi connectivity index (χ2n) is 5.36. The Kier molecular flexibility index (Phi) is 6.87. The van der Waals surface area contributed by atoms with Crippen LogP contribution in [0.1, 0.15) is 26.3 Å². The lowest BCUT2D eigenvalue weighted by Crippen LogP contribution is -2.48. The fraction of sp³-hybridized carbons (Fsp3) is 0.105. The van der Waals surface area contributed by atoms with Crippen molar-refractivity contribution in [1.29, 1.82) is 0 Å². The summed E-state index contributed by atoms with van der Waals surface area (Å²) in [5, 5.41) is 2.50. The SMILES string of the molecule is C=CCOc1ccc(C(=O)NNC(=S)NC(=O)c2cccc(C)c2)cc1. The third-order valence-corrected chi connectivity index (χ3v) is 3.49. The van der Waals surface area contributed by atoms with Crippen molar-refractivity contribution in [1.82, 2.24) is 16.2 Å². The van der Waals surface area contributed by atoms with E-state index in [1.165, 1.54) is 0 Å². The zero-order valence-corrected chi connectivity index (χ0v) is 15.1. The van der Waals surface area contributed by atoms with Crippen molar-refractivity contribution >= 4 is 29.1 Å². The molecular weight excluding hydrogens is 350 g/mol. The summed E-state index contributed by atoms with van der Waals surface area (Å²) in [6.45, 7) is 5.85. The predicted molar refractivity (Wildman–Crippen MR) is 104 cm³/mol. The van der Waals surface area contributed by atoms with Crippen LogP contribution in [0.15, 0.2) is 61.2 Å². The Morgan fingerprint density at radius 2 is 1.81 bits per heavy atom. The van der Waals surface area contributed by atoms with E-state index in [9.17, 15) is 9.59 Å². The topological polar surface area (TPSA) is 79.5 Å². The Morgan fingerprint density at radius 3 is 2.46 bits per heavy atom. The lowest BCUT2D eigenvalue weighted by atomic mass is 10.1. The quantitative estimate of drug-likeness (QED) is 0.429. The van der Waals surface area contributed by atoms with Crippen LogP contribution >= 0.6 is 12.2 Å². The predicted octanol–water partition coefficient (Wildman–Crippen LogP) is 2.51. The molecule has 0 unspecified atom stereocenters. The minimum absolute atomic E-state index is 0.00390. The molecule has 7 heteroatoms. The van der Waals surface area contributed by atoms with Crippen molar-refractivity contribution < 1.29 is 14.3 Å². The van der Waals surface area contributed by atoms with E-state index >= 15 is 0 Å². The molecule has 2 aromatic carbocycles. The first kappa shape index (κ1) is 19.1. The lowest BCUT2D eigenvalue weighted by molar-refractivity contribution is 0.0934. The molecular formula is C19H19N3O3S. The van der Waals surface area contributed by atoms with Gasteiger partial charge in [0.25, 0.3) is 11.8 Å². The van der Waals surface area contributed by atoms with Gasteiger partial charge in [0.2, 0.25) is 0 Å². The maximum Gasteiger partial charge on any atom is 0.269 e. The van der Waals surface area contributed by atoms with Gasteiger partial charge in [-0.25, -0.2) is 0 Å². The van der Waals surface area contributed by atoms with Gasteiger partial charge in [-0.15, -0.1) is 0 Å². The van der Waals surface area contributed by atoms with Crippen molar-refractivity contribution in [3.8, 4) is 5.75 Å². The molecule has 2 aromatic rings. The van der Waals surface area contributed by atoms with Gasteiger partial charge in [-0.2, -0.15) is 0 Å². The highest BCUT2D eigenvalue weighted by molar-refractivity contribution is 7.80. The fourth-order valence-corrected chi connectivity index (χ4v) is 2.18. The third kappa shape index (κ3) is 5.71. The minimum Gasteiger partial charge on any atom is -0.490 e. The number of hydrogen-bond donors (Lipinski definition) is 3. The van der Waals surface area contributed by atoms with E-state index < -0.39 is 5.91 Å². The Bertz CT molecular complexity index is 819. The van der Waals surface area contributed by atoms with Gasteiger partial charge in [0, 0.05) is 11.1 Å². The maximum absolute atomic E-state index is 12.1. The van der Waals surface area contributed by atoms with Crippen LogP contribution in [-0.4, -0.2) is 23.5 Å². The summed E-state index contributed by atoms with van der Waals surface area (Å²) >= 11 is 5.01. The molecule has 0 spiro atoms. The van der Waals surface area contributed by atoms with Crippen LogP contribution in [0.25, 0.3) is 0 Å². The summed E-state index contributed by atoms with van der Waals surface area (Å²) < 4.78 is 5.35. The van der Waals surface area contributed by atoms with Crippen LogP contribution in [0.3, 0.4) is 0 Å². The molecule has 0 saturated carbocycles. The van der Waals surface area contributed by atoms with Gasteiger partial charge in [0.15, 0.2) is 5.11 Å². The average molecular weight is 369 g/mol. The standard InChI is InChI=1S/C19H19N3O3S/c1-3-11-25-16-9-7-14(8-10-16)18(24)21-22-19(26)20-17(23)15-6-4-5-13(2)12-15/h3-10,12H,1,11H2,2H3,(H,21,24)(H2,20,22,23,26). The highest BCUT2D eigenvalue weighted by Gasteiger charge is 2.09. The Morgan fingerprint density at radius 1 is 1.08 bits per heavy atom. The number of nitrogens with one attached hydrogen (secondary N) is 3. The van der Waals surface area contributed by atoms with Crippen LogP contribution in [-0.2, 0) is 0 Å². The monoisotopic (exact) mass is 369 g/mol. The highest BCUT2D eigenvalue weighted by Crippen LogP contribution is 2.12. The smallest absolute Gasteiger partial charge is 0.269 e. The zero-order valence-electron chi connectivity index (χ0n) is 14.2. The highest BCUT2D eigenvalue weighted by atomic mass is 32.1. The third-order valence-electron chi connectivity index (χ3n) is 3.28. The van der Waals surface area contributed by atoms with E-state index in [1.807, 2.05) is 13.0 Å². The van der Waals surface area contributed by atoms with Crippen molar-refractivity contribution in [2.24, 2.45) is 0 Å². The number of carbonyl (C=O) groups is 2. The summed E-state index contributed by atoms with van der Waals surface area (Å²) in [5.41, 5.74) is 6.79. The summed E-state index contributed by atoms with van der Waals surface area (Å²) in [6, 6.07) is 13.7. The molecule has 0 aliphatic rings. The molecule has 2 rings (SSSR count). The first-order valence-electron chi connectivity index (χ1n) is 7.81. The summed E-state index contributed by atoms with van der Waals surface area (Å²) in [5.74, 6) is -0.119. The molecule has 0 aliphatic carbocycles. The molecule has 2 amide bonds. The Labute approximate surface area is 157 Å². The first-order chi connectivity index (χ1) is 12.5. The number of ether oxygens (including phenoxy) is 1. The largest absolute Gasteiger partial charge is 0.490 e. The van der Waals surface area contributed by atoms with E-state index in [4.69, 9.17) is 17.0 Å². The van der Waals surface area contributed by atoms with Crippen LogP contribution < -0.4 is 20.9 Å². The fourth-order valence-electron chi connectivity index (χ4n) is 2.04. The van der Waals surface area contributed by atoms with Gasteiger partial charge in [0.1, 0.15) is 12.4 Å². The number of thiocarbonyl (C=S) groups is 1. The number of benzene rings is 2. The lowest BCUT2D eigenvalue weighted by Gasteiger charge is -2.11. The molecule has 0 bridgehead atoms. The normalized spacial score (nSPS) is 9.73. The molecule has 3 N–H and O–H groups in total. The van der Waals surface area contributed by atoms with E-state index in [1.54, 1.807) is 48.5 Å². The molecule has 6 nitrogen and oxygen atoms in total. The number of rotatable bonds is 5. The number of hydrazine groups is 1. The number of carbonyl (C=O) groups excluding carboxylic acids is 2. The second kappa shape index (κ2) is 9.33. The van der Waals surface area contributed by atoms with E-state index in [-0.39, 0.29) is 11.0 Å². The maximum atomic E-state index is 12.1. The summed E-state index contributed by atoms with van der Waals surface area (Å²) in [7, 11) is 0. The Hall–Kier alpha value is -3.19. The summed E-state index contributed by atoms with van der Waals surface area (Å²) in [6.07, 6.45) is 1.64. The molecule has 0 aromatic heterocycles. The van der Waals surface area contributed by atoms with E-state index in [0.29, 0.717) is 23.5 Å². The van der Waals surface area contributed by atoms with Gasteiger partial charge in [-0.3, -0.25) is 25.8 Å². The minimum atomic E-state index is -0.396. The molecule has 134 valence electrons. The Balaban J connectivity index is 1.83. The summed E-state index contributed by atoms with van der Waals surface area (Å²) in [4.78, 5) is 24.1. The number of hydrogen-bond acceptors (Lipinski definition) is 4. The van der Waals surface area contributed by atoms with Crippen molar-refractivity contribution in [3.05, 3.63) is 77.9 Å². The van der Waals surface area contributed by atoms with Crippen molar-refractivity contribution in [3.63, 3.8) is 0 Å². The molecule has 0 atom stereocenters. The van der Waals surface area contributed by atoms with Crippen molar-refractivity contribution in [2.45, 2.75) is 6.92 Å². The second-order valence-corrected chi connectivity index (χ2v) is 5.76. The van der Waals surface area contributed by atoms with Gasteiger partial charge in [-0.05, 0) is 55.5 Å². The van der Waals surface area contributed by atoms with E-state index in [2.05, 4.69) is 22.7 Å². The number of amides is 2. The molecule has 26 heavy (non-hydrogen) atoms. The molecule has 0 aliphatic heterocycles. The molecule has 0 saturated heterocycles. The van der Waals surface area contributed by atoms with Crippen LogP contribution in [0.4, 0.5) is 0 Å². The van der Waals surface area contributed by atoms with Gasteiger partial charge >= 0.3 is 0 Å². The van der Waals surface area contributed by atoms with Crippen LogP contribution in [0, 0.1) is 6.92 Å².